The third-order valence-electron chi connectivity index (χ3n) is 4.63. The Kier molecular flexibility index (Phi) is 3.11. The molecular weight excluding hydrogens is 268 g/mol. The van der Waals surface area contributed by atoms with Gasteiger partial charge in [-0.1, -0.05) is 6.42 Å². The van der Waals surface area contributed by atoms with Crippen LogP contribution in [0, 0.1) is 6.92 Å². The molecule has 2 aliphatic heterocycles. The minimum atomic E-state index is 0.550. The Balaban J connectivity index is 1.61. The summed E-state index contributed by atoms with van der Waals surface area (Å²) in [4.78, 5) is 13.9. The summed E-state index contributed by atoms with van der Waals surface area (Å²) < 4.78 is 0. The van der Waals surface area contributed by atoms with Gasteiger partial charge in [0, 0.05) is 23.5 Å². The van der Waals surface area contributed by atoms with Crippen molar-refractivity contribution in [1.82, 2.24) is 14.9 Å². The molecule has 1 N–H and O–H groups in total. The van der Waals surface area contributed by atoms with Crippen molar-refractivity contribution in [1.29, 1.82) is 0 Å². The van der Waals surface area contributed by atoms with Gasteiger partial charge in [0.25, 0.3) is 0 Å². The van der Waals surface area contributed by atoms with Crippen LogP contribution in [0.3, 0.4) is 0 Å². The van der Waals surface area contributed by atoms with Gasteiger partial charge in [0.05, 0.1) is 5.39 Å². The molecule has 20 heavy (non-hydrogen) atoms. The van der Waals surface area contributed by atoms with Crippen LogP contribution >= 0.6 is 11.3 Å². The van der Waals surface area contributed by atoms with Gasteiger partial charge in [0.1, 0.15) is 17.0 Å². The van der Waals surface area contributed by atoms with Crippen LogP contribution in [-0.2, 0) is 0 Å². The first-order valence-corrected chi connectivity index (χ1v) is 8.34. The Morgan fingerprint density at radius 3 is 3.15 bits per heavy atom. The lowest BCUT2D eigenvalue weighted by atomic mass is 9.99. The van der Waals surface area contributed by atoms with Gasteiger partial charge >= 0.3 is 0 Å². The van der Waals surface area contributed by atoms with E-state index in [1.165, 1.54) is 49.0 Å². The van der Waals surface area contributed by atoms with E-state index in [1.807, 2.05) is 0 Å². The predicted octanol–water partition coefficient (Wildman–Crippen LogP) is 3.04. The van der Waals surface area contributed by atoms with E-state index in [2.05, 4.69) is 33.2 Å². The molecule has 0 aromatic carbocycles. The Labute approximate surface area is 123 Å². The van der Waals surface area contributed by atoms with Crippen molar-refractivity contribution >= 4 is 27.4 Å². The quantitative estimate of drug-likeness (QED) is 0.922. The lowest BCUT2D eigenvalue weighted by Crippen LogP contribution is -2.41. The van der Waals surface area contributed by atoms with Gasteiger partial charge in [-0.05, 0) is 38.8 Å². The smallest absolute Gasteiger partial charge is 0.138 e. The molecule has 0 bridgehead atoms. The number of fused-ring (bicyclic) bond motifs is 2. The topological polar surface area (TPSA) is 41.0 Å². The number of hydrogen-bond donors (Lipinski definition) is 1. The standard InChI is InChI=1S/C15H20N4S/c1-10-8-11-14(16-9-17-15(11)20-10)18-12-5-7-19-6-3-2-4-13(12)19/h8-9,12-13H,2-7H2,1H3,(H,16,17,18). The molecule has 2 aromatic rings. The van der Waals surface area contributed by atoms with Crippen molar-refractivity contribution < 1.29 is 0 Å². The van der Waals surface area contributed by atoms with Gasteiger partial charge in [0.2, 0.25) is 0 Å². The molecule has 0 saturated carbocycles. The van der Waals surface area contributed by atoms with Gasteiger partial charge in [-0.25, -0.2) is 9.97 Å². The first-order valence-electron chi connectivity index (χ1n) is 7.53. The van der Waals surface area contributed by atoms with Gasteiger partial charge in [-0.3, -0.25) is 4.90 Å². The minimum absolute atomic E-state index is 0.550. The van der Waals surface area contributed by atoms with E-state index < -0.39 is 0 Å². The molecular formula is C15H20N4S. The molecule has 0 amide bonds. The summed E-state index contributed by atoms with van der Waals surface area (Å²) >= 11 is 1.75. The Bertz CT molecular complexity index is 623. The largest absolute Gasteiger partial charge is 0.365 e. The highest BCUT2D eigenvalue weighted by Crippen LogP contribution is 2.32. The molecule has 4 heterocycles. The van der Waals surface area contributed by atoms with Crippen LogP contribution in [0.25, 0.3) is 10.2 Å². The second kappa shape index (κ2) is 4.97. The summed E-state index contributed by atoms with van der Waals surface area (Å²) in [6.45, 7) is 4.65. The van der Waals surface area contributed by atoms with Crippen LogP contribution < -0.4 is 5.32 Å². The highest BCUT2D eigenvalue weighted by Gasteiger charge is 2.35. The zero-order valence-electron chi connectivity index (χ0n) is 11.8. The van der Waals surface area contributed by atoms with Crippen molar-refractivity contribution in [3.05, 3.63) is 17.3 Å². The molecule has 0 spiro atoms. The van der Waals surface area contributed by atoms with E-state index in [9.17, 15) is 0 Å². The summed E-state index contributed by atoms with van der Waals surface area (Å²) in [7, 11) is 0. The molecule has 2 aliphatic rings. The van der Waals surface area contributed by atoms with Crippen LogP contribution in [0.1, 0.15) is 30.6 Å². The van der Waals surface area contributed by atoms with Crippen LogP contribution in [-0.4, -0.2) is 40.0 Å². The maximum absolute atomic E-state index is 4.49. The monoisotopic (exact) mass is 288 g/mol. The molecule has 4 nitrogen and oxygen atoms in total. The number of nitrogens with zero attached hydrogens (tertiary/aromatic N) is 3. The molecule has 2 unspecified atom stereocenters. The third-order valence-corrected chi connectivity index (χ3v) is 5.59. The molecule has 4 rings (SSSR count). The summed E-state index contributed by atoms with van der Waals surface area (Å²) in [6, 6.07) is 3.46. The number of anilines is 1. The number of piperidine rings is 1. The average molecular weight is 288 g/mol. The highest BCUT2D eigenvalue weighted by atomic mass is 32.1. The Hall–Kier alpha value is -1.20. The minimum Gasteiger partial charge on any atom is -0.365 e. The molecule has 0 radical (unpaired) electrons. The van der Waals surface area contributed by atoms with Gasteiger partial charge in [-0.15, -0.1) is 11.3 Å². The van der Waals surface area contributed by atoms with E-state index in [1.54, 1.807) is 17.7 Å². The van der Waals surface area contributed by atoms with Crippen LogP contribution in [0.4, 0.5) is 5.82 Å². The number of nitrogens with one attached hydrogen (secondary N) is 1. The van der Waals surface area contributed by atoms with Gasteiger partial charge in [0.15, 0.2) is 0 Å². The molecule has 2 atom stereocenters. The normalized spacial score (nSPS) is 26.9. The van der Waals surface area contributed by atoms with Crippen molar-refractivity contribution in [2.75, 3.05) is 18.4 Å². The van der Waals surface area contributed by atoms with Gasteiger partial charge < -0.3 is 5.32 Å². The Morgan fingerprint density at radius 2 is 2.20 bits per heavy atom. The first-order chi connectivity index (χ1) is 9.81. The number of aryl methyl sites for hydroxylation is 1. The summed E-state index contributed by atoms with van der Waals surface area (Å²) in [5.74, 6) is 1.02. The fraction of sp³-hybridized carbons (Fsp3) is 0.600. The second-order valence-electron chi connectivity index (χ2n) is 5.94. The maximum Gasteiger partial charge on any atom is 0.138 e. The molecule has 5 heteroatoms. The fourth-order valence-electron chi connectivity index (χ4n) is 3.68. The van der Waals surface area contributed by atoms with Crippen molar-refractivity contribution in [3.8, 4) is 0 Å². The zero-order valence-corrected chi connectivity index (χ0v) is 12.6. The maximum atomic E-state index is 4.49. The lowest BCUT2D eigenvalue weighted by molar-refractivity contribution is 0.192. The van der Waals surface area contributed by atoms with Crippen molar-refractivity contribution in [2.45, 2.75) is 44.7 Å². The van der Waals surface area contributed by atoms with Crippen molar-refractivity contribution in [3.63, 3.8) is 0 Å². The summed E-state index contributed by atoms with van der Waals surface area (Å²) in [5.41, 5.74) is 0. The van der Waals surface area contributed by atoms with Crippen LogP contribution in [0.5, 0.6) is 0 Å². The van der Waals surface area contributed by atoms with Gasteiger partial charge in [-0.2, -0.15) is 0 Å². The van der Waals surface area contributed by atoms with E-state index in [4.69, 9.17) is 0 Å². The van der Waals surface area contributed by atoms with E-state index in [-0.39, 0.29) is 0 Å². The van der Waals surface area contributed by atoms with E-state index >= 15 is 0 Å². The number of hydrogen-bond acceptors (Lipinski definition) is 5. The van der Waals surface area contributed by atoms with Crippen molar-refractivity contribution in [2.24, 2.45) is 0 Å². The molecule has 0 aliphatic carbocycles. The van der Waals surface area contributed by atoms with E-state index in [0.29, 0.717) is 12.1 Å². The predicted molar refractivity (Wildman–Crippen MR) is 83.4 cm³/mol. The number of rotatable bonds is 2. The second-order valence-corrected chi connectivity index (χ2v) is 7.17. The third kappa shape index (κ3) is 2.09. The Morgan fingerprint density at radius 1 is 1.25 bits per heavy atom. The van der Waals surface area contributed by atoms with E-state index in [0.717, 1.165) is 10.6 Å². The molecule has 2 saturated heterocycles. The molecule has 2 aromatic heterocycles. The number of aromatic nitrogens is 2. The fourth-order valence-corrected chi connectivity index (χ4v) is 4.53. The zero-order chi connectivity index (χ0) is 13.5. The highest BCUT2D eigenvalue weighted by molar-refractivity contribution is 7.18. The summed E-state index contributed by atoms with van der Waals surface area (Å²) in [6.07, 6.45) is 6.99. The SMILES string of the molecule is Cc1cc2c(NC3CCN4CCCCC34)ncnc2s1. The summed E-state index contributed by atoms with van der Waals surface area (Å²) in [5, 5.41) is 4.89. The first kappa shape index (κ1) is 12.5. The van der Waals surface area contributed by atoms with Crippen LogP contribution in [0.15, 0.2) is 12.4 Å². The number of thiophene rings is 1. The average Bonchev–Trinajstić information content (AvgIpc) is 3.03. The molecule has 2 fully saturated rings. The lowest BCUT2D eigenvalue weighted by Gasteiger charge is -2.32. The van der Waals surface area contributed by atoms with Crippen LogP contribution in [0.2, 0.25) is 0 Å². The molecule has 106 valence electrons.